The van der Waals surface area contributed by atoms with Crippen molar-refractivity contribution in [3.8, 4) is 0 Å². The Hall–Kier alpha value is -1.56. The molecule has 0 saturated carbocycles. The lowest BCUT2D eigenvalue weighted by Crippen LogP contribution is -2.05. The Morgan fingerprint density at radius 3 is 2.87 bits per heavy atom. The number of rotatable bonds is 2. The SMILES string of the molecule is Cc1nccc(Cn2c(C)n[nH]c2=S)n1. The lowest BCUT2D eigenvalue weighted by Gasteiger charge is -2.03. The zero-order valence-corrected chi connectivity index (χ0v) is 9.38. The van der Waals surface area contributed by atoms with Crippen LogP contribution in [0.15, 0.2) is 12.3 Å². The fourth-order valence-corrected chi connectivity index (χ4v) is 1.58. The van der Waals surface area contributed by atoms with Crippen molar-refractivity contribution >= 4 is 12.2 Å². The highest BCUT2D eigenvalue weighted by molar-refractivity contribution is 7.71. The quantitative estimate of drug-likeness (QED) is 0.779. The molecule has 2 aromatic heterocycles. The maximum Gasteiger partial charge on any atom is 0.195 e. The van der Waals surface area contributed by atoms with Gasteiger partial charge in [0.2, 0.25) is 0 Å². The first-order valence-corrected chi connectivity index (χ1v) is 4.98. The Kier molecular flexibility index (Phi) is 2.59. The minimum Gasteiger partial charge on any atom is -0.298 e. The minimum atomic E-state index is 0.615. The van der Waals surface area contributed by atoms with Crippen molar-refractivity contribution in [3.63, 3.8) is 0 Å². The van der Waals surface area contributed by atoms with E-state index in [-0.39, 0.29) is 0 Å². The molecule has 0 saturated heterocycles. The molecule has 1 N–H and O–H groups in total. The average Bonchev–Trinajstić information content (AvgIpc) is 2.50. The molecule has 15 heavy (non-hydrogen) atoms. The second kappa shape index (κ2) is 3.90. The molecule has 0 aliphatic rings. The van der Waals surface area contributed by atoms with Gasteiger partial charge < -0.3 is 0 Å². The maximum atomic E-state index is 5.11. The lowest BCUT2D eigenvalue weighted by molar-refractivity contribution is 0.725. The fraction of sp³-hybridized carbons (Fsp3) is 0.333. The van der Waals surface area contributed by atoms with Crippen LogP contribution in [-0.2, 0) is 6.54 Å². The summed E-state index contributed by atoms with van der Waals surface area (Å²) in [5, 5.41) is 6.78. The van der Waals surface area contributed by atoms with E-state index in [2.05, 4.69) is 20.2 Å². The van der Waals surface area contributed by atoms with Gasteiger partial charge in [-0.1, -0.05) is 0 Å². The Morgan fingerprint density at radius 2 is 2.27 bits per heavy atom. The van der Waals surface area contributed by atoms with Gasteiger partial charge >= 0.3 is 0 Å². The van der Waals surface area contributed by atoms with Crippen molar-refractivity contribution in [1.82, 2.24) is 24.7 Å². The third-order valence-corrected chi connectivity index (χ3v) is 2.41. The Morgan fingerprint density at radius 1 is 1.47 bits per heavy atom. The normalized spacial score (nSPS) is 10.5. The number of H-pyrrole nitrogens is 1. The van der Waals surface area contributed by atoms with Crippen LogP contribution >= 0.6 is 12.2 Å². The molecule has 2 rings (SSSR count). The molecular formula is C9H11N5S. The molecule has 0 aliphatic carbocycles. The highest BCUT2D eigenvalue weighted by atomic mass is 32.1. The predicted octanol–water partition coefficient (Wildman–Crippen LogP) is 1.40. The molecule has 2 heterocycles. The van der Waals surface area contributed by atoms with Crippen LogP contribution < -0.4 is 0 Å². The molecule has 0 unspecified atom stereocenters. The summed E-state index contributed by atoms with van der Waals surface area (Å²) < 4.78 is 2.51. The highest BCUT2D eigenvalue weighted by Crippen LogP contribution is 2.02. The summed E-state index contributed by atoms with van der Waals surface area (Å²) in [6, 6.07) is 1.88. The number of aryl methyl sites for hydroxylation is 2. The van der Waals surface area contributed by atoms with Crippen molar-refractivity contribution in [2.45, 2.75) is 20.4 Å². The molecule has 0 aromatic carbocycles. The molecule has 0 bridgehead atoms. The van der Waals surface area contributed by atoms with Gasteiger partial charge in [-0.2, -0.15) is 5.10 Å². The second-order valence-corrected chi connectivity index (χ2v) is 3.64. The van der Waals surface area contributed by atoms with Crippen molar-refractivity contribution in [2.75, 3.05) is 0 Å². The van der Waals surface area contributed by atoms with Gasteiger partial charge in [0.15, 0.2) is 4.77 Å². The predicted molar refractivity (Wildman–Crippen MR) is 58.0 cm³/mol. The van der Waals surface area contributed by atoms with Crippen LogP contribution in [0.25, 0.3) is 0 Å². The van der Waals surface area contributed by atoms with Gasteiger partial charge in [0.1, 0.15) is 11.6 Å². The molecular weight excluding hydrogens is 210 g/mol. The van der Waals surface area contributed by atoms with Crippen LogP contribution in [0.3, 0.4) is 0 Å². The van der Waals surface area contributed by atoms with Crippen molar-refractivity contribution in [1.29, 1.82) is 0 Å². The van der Waals surface area contributed by atoms with Crippen LogP contribution in [0.5, 0.6) is 0 Å². The Bertz CT molecular complexity index is 527. The van der Waals surface area contributed by atoms with Crippen molar-refractivity contribution in [2.24, 2.45) is 0 Å². The van der Waals surface area contributed by atoms with Gasteiger partial charge in [-0.3, -0.25) is 9.67 Å². The van der Waals surface area contributed by atoms with Gasteiger partial charge in [-0.15, -0.1) is 0 Å². The van der Waals surface area contributed by atoms with Crippen molar-refractivity contribution in [3.05, 3.63) is 34.4 Å². The molecule has 0 radical (unpaired) electrons. The summed E-state index contributed by atoms with van der Waals surface area (Å²) in [5.41, 5.74) is 0.933. The third-order valence-electron chi connectivity index (χ3n) is 2.10. The van der Waals surface area contributed by atoms with E-state index in [4.69, 9.17) is 12.2 Å². The summed E-state index contributed by atoms with van der Waals surface area (Å²) in [6.07, 6.45) is 1.75. The van der Waals surface area contributed by atoms with Gasteiger partial charge in [-0.05, 0) is 32.1 Å². The van der Waals surface area contributed by atoms with Gasteiger partial charge in [0.25, 0.3) is 0 Å². The van der Waals surface area contributed by atoms with Gasteiger partial charge in [0, 0.05) is 6.20 Å². The monoisotopic (exact) mass is 221 g/mol. The standard InChI is InChI=1S/C9H11N5S/c1-6-10-4-3-8(11-6)5-14-7(2)12-13-9(14)15/h3-4H,5H2,1-2H3,(H,13,15). The Labute approximate surface area is 92.2 Å². The number of aromatic amines is 1. The van der Waals surface area contributed by atoms with E-state index in [1.165, 1.54) is 0 Å². The maximum absolute atomic E-state index is 5.11. The zero-order valence-electron chi connectivity index (χ0n) is 8.56. The number of nitrogens with zero attached hydrogens (tertiary/aromatic N) is 4. The highest BCUT2D eigenvalue weighted by Gasteiger charge is 2.03. The average molecular weight is 221 g/mol. The fourth-order valence-electron chi connectivity index (χ4n) is 1.34. The largest absolute Gasteiger partial charge is 0.298 e. The number of hydrogen-bond acceptors (Lipinski definition) is 4. The van der Waals surface area contributed by atoms with E-state index in [1.807, 2.05) is 24.5 Å². The minimum absolute atomic E-state index is 0.615. The number of nitrogens with one attached hydrogen (secondary N) is 1. The summed E-state index contributed by atoms with van der Waals surface area (Å²) in [4.78, 5) is 8.35. The summed E-state index contributed by atoms with van der Waals surface area (Å²) >= 11 is 5.11. The molecule has 0 amide bonds. The van der Waals surface area contributed by atoms with Crippen LogP contribution in [0.1, 0.15) is 17.3 Å². The van der Waals surface area contributed by atoms with E-state index in [9.17, 15) is 0 Å². The van der Waals surface area contributed by atoms with Crippen LogP contribution in [0.2, 0.25) is 0 Å². The summed E-state index contributed by atoms with van der Waals surface area (Å²) in [7, 11) is 0. The smallest absolute Gasteiger partial charge is 0.195 e. The molecule has 78 valence electrons. The summed E-state index contributed by atoms with van der Waals surface area (Å²) in [6.45, 7) is 4.40. The van der Waals surface area contributed by atoms with Crippen molar-refractivity contribution < 1.29 is 0 Å². The second-order valence-electron chi connectivity index (χ2n) is 3.26. The topological polar surface area (TPSA) is 59.4 Å². The Balaban J connectivity index is 2.33. The van der Waals surface area contributed by atoms with E-state index in [0.29, 0.717) is 11.3 Å². The third kappa shape index (κ3) is 2.10. The molecule has 0 aliphatic heterocycles. The van der Waals surface area contributed by atoms with E-state index < -0.39 is 0 Å². The molecule has 0 fully saturated rings. The van der Waals surface area contributed by atoms with Gasteiger partial charge in [-0.25, -0.2) is 9.97 Å². The van der Waals surface area contributed by atoms with Crippen LogP contribution in [0.4, 0.5) is 0 Å². The van der Waals surface area contributed by atoms with E-state index in [0.717, 1.165) is 17.3 Å². The molecule has 2 aromatic rings. The van der Waals surface area contributed by atoms with Gasteiger partial charge in [0.05, 0.1) is 12.2 Å². The van der Waals surface area contributed by atoms with E-state index >= 15 is 0 Å². The summed E-state index contributed by atoms with van der Waals surface area (Å²) in [5.74, 6) is 1.62. The number of hydrogen-bond donors (Lipinski definition) is 1. The molecule has 6 heteroatoms. The number of aromatic nitrogens is 5. The molecule has 0 atom stereocenters. The van der Waals surface area contributed by atoms with Crippen LogP contribution in [0, 0.1) is 18.6 Å². The molecule has 5 nitrogen and oxygen atoms in total. The van der Waals surface area contributed by atoms with Crippen LogP contribution in [-0.4, -0.2) is 24.7 Å². The first kappa shape index (κ1) is 9.97. The zero-order chi connectivity index (χ0) is 10.8. The lowest BCUT2D eigenvalue weighted by atomic mass is 10.4. The first-order valence-electron chi connectivity index (χ1n) is 4.57. The first-order chi connectivity index (χ1) is 7.16. The van der Waals surface area contributed by atoms with E-state index in [1.54, 1.807) is 6.20 Å². The molecule has 0 spiro atoms.